The van der Waals surface area contributed by atoms with E-state index in [2.05, 4.69) is 29.0 Å². The average Bonchev–Trinajstić information content (AvgIpc) is 2.89. The zero-order valence-corrected chi connectivity index (χ0v) is 19.0. The fourth-order valence-electron chi connectivity index (χ4n) is 4.24. The first-order valence-corrected chi connectivity index (χ1v) is 11.3. The minimum Gasteiger partial charge on any atom is -0.251 e. The second-order valence-corrected chi connectivity index (χ2v) is 8.41. The number of aryl methyl sites for hydroxylation is 1. The van der Waals surface area contributed by atoms with Gasteiger partial charge < -0.3 is 0 Å². The van der Waals surface area contributed by atoms with E-state index in [0.29, 0.717) is 16.4 Å². The van der Waals surface area contributed by atoms with Crippen molar-refractivity contribution in [2.24, 2.45) is 0 Å². The minimum atomic E-state index is 0.576. The highest BCUT2D eigenvalue weighted by molar-refractivity contribution is 6.30. The van der Waals surface area contributed by atoms with Crippen LogP contribution >= 0.6 is 11.6 Å². The molecule has 3 heterocycles. The van der Waals surface area contributed by atoms with E-state index < -0.39 is 0 Å². The van der Waals surface area contributed by atoms with Gasteiger partial charge in [0.15, 0.2) is 5.65 Å². The summed E-state index contributed by atoms with van der Waals surface area (Å²) in [7, 11) is 0. The monoisotopic (exact) mass is 459 g/mol. The highest BCUT2D eigenvalue weighted by atomic mass is 35.5. The van der Waals surface area contributed by atoms with Crippen LogP contribution in [0.1, 0.15) is 5.56 Å². The van der Waals surface area contributed by atoms with Gasteiger partial charge in [-0.25, -0.2) is 19.9 Å². The number of fused-ring (bicyclic) bond motifs is 2. The molecule has 162 valence electrons. The van der Waals surface area contributed by atoms with Crippen molar-refractivity contribution in [3.63, 3.8) is 0 Å². The van der Waals surface area contributed by atoms with E-state index in [1.165, 1.54) is 0 Å². The van der Waals surface area contributed by atoms with E-state index in [9.17, 15) is 0 Å². The van der Waals surface area contributed by atoms with Gasteiger partial charge in [-0.2, -0.15) is 0 Å². The van der Waals surface area contributed by atoms with Gasteiger partial charge in [0.05, 0.1) is 16.7 Å². The van der Waals surface area contributed by atoms with Crippen LogP contribution in [0.2, 0.25) is 5.02 Å². The standard InChI is InChI=1S/C28H18ClN5/c1-17-23(18-7-3-2-4-8-18)26(34-28-24(17)30-15-16-31-28)27-25(19-11-13-20(29)14-12-19)32-21-9-5-6-10-22(21)33-27/h2-16H,1H3. The Bertz CT molecular complexity index is 1660. The number of halogens is 1. The zero-order chi connectivity index (χ0) is 23.1. The third-order valence-corrected chi connectivity index (χ3v) is 6.09. The van der Waals surface area contributed by atoms with Crippen molar-refractivity contribution in [3.05, 3.63) is 102 Å². The molecule has 0 amide bonds. The molecule has 0 atom stereocenters. The van der Waals surface area contributed by atoms with Gasteiger partial charge in [-0.1, -0.05) is 66.2 Å². The Hall–Kier alpha value is -4.22. The molecule has 3 aromatic carbocycles. The lowest BCUT2D eigenvalue weighted by Crippen LogP contribution is -2.02. The summed E-state index contributed by atoms with van der Waals surface area (Å²) in [6, 6.07) is 25.7. The number of hydrogen-bond donors (Lipinski definition) is 0. The maximum absolute atomic E-state index is 6.18. The van der Waals surface area contributed by atoms with Crippen LogP contribution in [-0.2, 0) is 0 Å². The number of rotatable bonds is 3. The van der Waals surface area contributed by atoms with Crippen molar-refractivity contribution >= 4 is 33.8 Å². The summed E-state index contributed by atoms with van der Waals surface area (Å²) < 4.78 is 0. The highest BCUT2D eigenvalue weighted by Gasteiger charge is 2.22. The van der Waals surface area contributed by atoms with Crippen LogP contribution in [0.5, 0.6) is 0 Å². The molecule has 0 spiro atoms. The Kier molecular flexibility index (Phi) is 4.97. The highest BCUT2D eigenvalue weighted by Crippen LogP contribution is 2.39. The summed E-state index contributed by atoms with van der Waals surface area (Å²) in [5.74, 6) is 0. The Balaban J connectivity index is 1.75. The molecule has 34 heavy (non-hydrogen) atoms. The summed E-state index contributed by atoms with van der Waals surface area (Å²) in [5.41, 5.74) is 9.02. The molecule has 6 heteroatoms. The number of para-hydroxylation sites is 2. The second kappa shape index (κ2) is 8.28. The van der Waals surface area contributed by atoms with Crippen LogP contribution in [-0.4, -0.2) is 24.9 Å². The molecule has 3 aromatic heterocycles. The van der Waals surface area contributed by atoms with Crippen molar-refractivity contribution in [1.29, 1.82) is 0 Å². The number of pyridine rings is 1. The third kappa shape index (κ3) is 3.47. The first-order valence-electron chi connectivity index (χ1n) is 10.9. The summed E-state index contributed by atoms with van der Waals surface area (Å²) >= 11 is 6.18. The fraction of sp³-hybridized carbons (Fsp3) is 0.0357. The van der Waals surface area contributed by atoms with E-state index in [1.807, 2.05) is 66.7 Å². The van der Waals surface area contributed by atoms with Gasteiger partial charge in [-0.05, 0) is 42.3 Å². The van der Waals surface area contributed by atoms with Crippen molar-refractivity contribution in [3.8, 4) is 33.8 Å². The summed E-state index contributed by atoms with van der Waals surface area (Å²) in [6.45, 7) is 2.06. The smallest absolute Gasteiger partial charge is 0.179 e. The van der Waals surface area contributed by atoms with Gasteiger partial charge in [0.2, 0.25) is 0 Å². The predicted molar refractivity (Wildman–Crippen MR) is 136 cm³/mol. The van der Waals surface area contributed by atoms with Crippen LogP contribution in [0.4, 0.5) is 0 Å². The number of nitrogens with zero attached hydrogens (tertiary/aromatic N) is 5. The molecule has 0 bridgehead atoms. The molecule has 0 N–H and O–H groups in total. The Labute approximate surface area is 201 Å². The number of benzene rings is 3. The van der Waals surface area contributed by atoms with Crippen molar-refractivity contribution < 1.29 is 0 Å². The SMILES string of the molecule is Cc1c(-c2ccccc2)c(-c2nc3ccccc3nc2-c2ccc(Cl)cc2)nc2nccnc12. The number of hydrogen-bond acceptors (Lipinski definition) is 5. The van der Waals surface area contributed by atoms with Crippen molar-refractivity contribution in [2.75, 3.05) is 0 Å². The molecular weight excluding hydrogens is 442 g/mol. The van der Waals surface area contributed by atoms with E-state index >= 15 is 0 Å². The van der Waals surface area contributed by atoms with Gasteiger partial charge in [-0.15, -0.1) is 0 Å². The molecule has 6 rings (SSSR count). The molecule has 0 saturated carbocycles. The molecular formula is C28H18ClN5. The maximum atomic E-state index is 6.18. The Morgan fingerprint density at radius 2 is 1.24 bits per heavy atom. The summed E-state index contributed by atoms with van der Waals surface area (Å²) in [4.78, 5) is 24.1. The summed E-state index contributed by atoms with van der Waals surface area (Å²) in [5, 5.41) is 0.666. The molecule has 5 nitrogen and oxygen atoms in total. The first kappa shape index (κ1) is 20.4. The first-order chi connectivity index (χ1) is 16.7. The zero-order valence-electron chi connectivity index (χ0n) is 18.3. The minimum absolute atomic E-state index is 0.576. The molecule has 0 saturated heterocycles. The van der Waals surface area contributed by atoms with E-state index in [1.54, 1.807) is 12.4 Å². The maximum Gasteiger partial charge on any atom is 0.179 e. The van der Waals surface area contributed by atoms with Crippen LogP contribution < -0.4 is 0 Å². The molecule has 0 radical (unpaired) electrons. The molecule has 0 unspecified atom stereocenters. The van der Waals surface area contributed by atoms with E-state index in [-0.39, 0.29) is 0 Å². The lowest BCUT2D eigenvalue weighted by atomic mass is 9.94. The Morgan fingerprint density at radius 1 is 0.588 bits per heavy atom. The van der Waals surface area contributed by atoms with Crippen LogP contribution in [0.15, 0.2) is 91.3 Å². The molecule has 0 aliphatic carbocycles. The van der Waals surface area contributed by atoms with E-state index in [0.717, 1.165) is 50.2 Å². The second-order valence-electron chi connectivity index (χ2n) is 7.97. The van der Waals surface area contributed by atoms with Crippen molar-refractivity contribution in [2.45, 2.75) is 6.92 Å². The predicted octanol–water partition coefficient (Wildman–Crippen LogP) is 6.93. The third-order valence-electron chi connectivity index (χ3n) is 5.84. The normalized spacial score (nSPS) is 11.2. The van der Waals surface area contributed by atoms with Crippen LogP contribution in [0.3, 0.4) is 0 Å². The van der Waals surface area contributed by atoms with Gasteiger partial charge in [0.25, 0.3) is 0 Å². The number of aromatic nitrogens is 5. The average molecular weight is 460 g/mol. The van der Waals surface area contributed by atoms with Gasteiger partial charge in [0, 0.05) is 28.5 Å². The molecule has 6 aromatic rings. The van der Waals surface area contributed by atoms with Crippen LogP contribution in [0.25, 0.3) is 56.0 Å². The lowest BCUT2D eigenvalue weighted by Gasteiger charge is -2.16. The van der Waals surface area contributed by atoms with Gasteiger partial charge >= 0.3 is 0 Å². The van der Waals surface area contributed by atoms with Crippen LogP contribution in [0, 0.1) is 6.92 Å². The van der Waals surface area contributed by atoms with Gasteiger partial charge in [-0.3, -0.25) is 4.98 Å². The van der Waals surface area contributed by atoms with Gasteiger partial charge in [0.1, 0.15) is 16.9 Å². The van der Waals surface area contributed by atoms with E-state index in [4.69, 9.17) is 26.6 Å². The Morgan fingerprint density at radius 3 is 1.97 bits per heavy atom. The quantitative estimate of drug-likeness (QED) is 0.287. The summed E-state index contributed by atoms with van der Waals surface area (Å²) in [6.07, 6.45) is 3.35. The molecule has 0 aliphatic rings. The fourth-order valence-corrected chi connectivity index (χ4v) is 4.36. The topological polar surface area (TPSA) is 64.5 Å². The van der Waals surface area contributed by atoms with Crippen molar-refractivity contribution in [1.82, 2.24) is 24.9 Å². The molecule has 0 aliphatic heterocycles. The largest absolute Gasteiger partial charge is 0.251 e. The molecule has 0 fully saturated rings. The lowest BCUT2D eigenvalue weighted by molar-refractivity contribution is 1.19.